The standard InChI is InChI=1S/C14H14BrClFN3/c1-2-5-18-14-11(15)8-19-13(20-14)6-9-3-4-10(17)7-12(9)16/h3-4,7-8H,2,5-6H2,1H3,(H,18,19,20). The number of nitrogens with zero attached hydrogens (tertiary/aromatic N) is 2. The topological polar surface area (TPSA) is 37.8 Å². The van der Waals surface area contributed by atoms with Crippen LogP contribution in [0.1, 0.15) is 24.7 Å². The molecule has 2 aromatic rings. The summed E-state index contributed by atoms with van der Waals surface area (Å²) < 4.78 is 13.8. The molecule has 0 bridgehead atoms. The summed E-state index contributed by atoms with van der Waals surface area (Å²) in [6, 6.07) is 4.34. The summed E-state index contributed by atoms with van der Waals surface area (Å²) in [5, 5.41) is 3.61. The van der Waals surface area contributed by atoms with Gasteiger partial charge in [0.2, 0.25) is 0 Å². The molecule has 20 heavy (non-hydrogen) atoms. The zero-order chi connectivity index (χ0) is 14.5. The van der Waals surface area contributed by atoms with E-state index in [-0.39, 0.29) is 5.82 Å². The summed E-state index contributed by atoms with van der Waals surface area (Å²) in [5.41, 5.74) is 0.803. The van der Waals surface area contributed by atoms with Gasteiger partial charge in [-0.3, -0.25) is 0 Å². The predicted octanol–water partition coefficient (Wildman–Crippen LogP) is 4.44. The fourth-order valence-corrected chi connectivity index (χ4v) is 2.26. The molecule has 2 rings (SSSR count). The third kappa shape index (κ3) is 3.90. The van der Waals surface area contributed by atoms with E-state index >= 15 is 0 Å². The number of nitrogens with one attached hydrogen (secondary N) is 1. The average molecular weight is 359 g/mol. The molecular weight excluding hydrogens is 345 g/mol. The van der Waals surface area contributed by atoms with Gasteiger partial charge in [0.15, 0.2) is 0 Å². The highest BCUT2D eigenvalue weighted by molar-refractivity contribution is 9.10. The Balaban J connectivity index is 2.20. The second-order valence-electron chi connectivity index (χ2n) is 4.32. The van der Waals surface area contributed by atoms with Crippen LogP contribution < -0.4 is 5.32 Å². The van der Waals surface area contributed by atoms with Crippen LogP contribution in [0.3, 0.4) is 0 Å². The molecule has 0 saturated carbocycles. The van der Waals surface area contributed by atoms with Crippen LogP contribution in [-0.2, 0) is 6.42 Å². The number of aromatic nitrogens is 2. The maximum atomic E-state index is 13.0. The molecule has 0 aliphatic carbocycles. The fourth-order valence-electron chi connectivity index (χ4n) is 1.69. The number of hydrogen-bond acceptors (Lipinski definition) is 3. The smallest absolute Gasteiger partial charge is 0.144 e. The number of rotatable bonds is 5. The molecule has 0 atom stereocenters. The maximum Gasteiger partial charge on any atom is 0.144 e. The van der Waals surface area contributed by atoms with Crippen LogP contribution >= 0.6 is 27.5 Å². The Hall–Kier alpha value is -1.20. The number of hydrogen-bond donors (Lipinski definition) is 1. The van der Waals surface area contributed by atoms with E-state index < -0.39 is 0 Å². The highest BCUT2D eigenvalue weighted by Gasteiger charge is 2.08. The van der Waals surface area contributed by atoms with Crippen molar-refractivity contribution in [1.82, 2.24) is 9.97 Å². The van der Waals surface area contributed by atoms with Crippen LogP contribution in [0, 0.1) is 5.82 Å². The van der Waals surface area contributed by atoms with Gasteiger partial charge in [-0.15, -0.1) is 0 Å². The van der Waals surface area contributed by atoms with Crippen LogP contribution in [0.2, 0.25) is 5.02 Å². The minimum Gasteiger partial charge on any atom is -0.369 e. The second-order valence-corrected chi connectivity index (χ2v) is 5.58. The first-order valence-electron chi connectivity index (χ1n) is 6.29. The van der Waals surface area contributed by atoms with Crippen molar-refractivity contribution in [2.24, 2.45) is 0 Å². The van der Waals surface area contributed by atoms with Crippen molar-refractivity contribution < 1.29 is 4.39 Å². The molecule has 1 aromatic heterocycles. The van der Waals surface area contributed by atoms with E-state index in [0.29, 0.717) is 17.3 Å². The lowest BCUT2D eigenvalue weighted by molar-refractivity contribution is 0.627. The van der Waals surface area contributed by atoms with Crippen LogP contribution in [0.5, 0.6) is 0 Å². The van der Waals surface area contributed by atoms with E-state index in [1.165, 1.54) is 12.1 Å². The van der Waals surface area contributed by atoms with Crippen molar-refractivity contribution in [3.8, 4) is 0 Å². The minimum atomic E-state index is -0.347. The summed E-state index contributed by atoms with van der Waals surface area (Å²) >= 11 is 9.42. The molecule has 0 saturated heterocycles. The van der Waals surface area contributed by atoms with E-state index in [0.717, 1.165) is 28.8 Å². The van der Waals surface area contributed by atoms with E-state index in [9.17, 15) is 4.39 Å². The maximum absolute atomic E-state index is 13.0. The van der Waals surface area contributed by atoms with Gasteiger partial charge in [-0.25, -0.2) is 14.4 Å². The van der Waals surface area contributed by atoms with Crippen molar-refractivity contribution >= 4 is 33.3 Å². The number of benzene rings is 1. The molecular formula is C14H14BrClFN3. The van der Waals surface area contributed by atoms with Crippen LogP contribution in [-0.4, -0.2) is 16.5 Å². The zero-order valence-corrected chi connectivity index (χ0v) is 13.3. The van der Waals surface area contributed by atoms with E-state index in [4.69, 9.17) is 11.6 Å². The van der Waals surface area contributed by atoms with Gasteiger partial charge < -0.3 is 5.32 Å². The third-order valence-corrected chi connectivity index (χ3v) is 3.63. The third-order valence-electron chi connectivity index (χ3n) is 2.70. The molecule has 0 aliphatic rings. The number of anilines is 1. The van der Waals surface area contributed by atoms with Crippen molar-refractivity contribution in [2.75, 3.05) is 11.9 Å². The SMILES string of the molecule is CCCNc1nc(Cc2ccc(F)cc2Cl)ncc1Br. The lowest BCUT2D eigenvalue weighted by Crippen LogP contribution is -2.06. The van der Waals surface area contributed by atoms with Gasteiger partial charge in [0.1, 0.15) is 17.5 Å². The molecule has 0 amide bonds. The molecule has 1 heterocycles. The highest BCUT2D eigenvalue weighted by atomic mass is 79.9. The summed E-state index contributed by atoms with van der Waals surface area (Å²) in [6.45, 7) is 2.92. The van der Waals surface area contributed by atoms with Gasteiger partial charge in [-0.2, -0.15) is 0 Å². The van der Waals surface area contributed by atoms with Crippen molar-refractivity contribution in [1.29, 1.82) is 0 Å². The number of halogens is 3. The minimum absolute atomic E-state index is 0.347. The lowest BCUT2D eigenvalue weighted by Gasteiger charge is -2.09. The second kappa shape index (κ2) is 6.99. The largest absolute Gasteiger partial charge is 0.369 e. The Bertz CT molecular complexity index is 607. The van der Waals surface area contributed by atoms with Crippen LogP contribution in [0.15, 0.2) is 28.9 Å². The van der Waals surface area contributed by atoms with Crippen molar-refractivity contribution in [3.05, 3.63) is 51.1 Å². The fraction of sp³-hybridized carbons (Fsp3) is 0.286. The molecule has 1 aromatic carbocycles. The van der Waals surface area contributed by atoms with Gasteiger partial charge >= 0.3 is 0 Å². The van der Waals surface area contributed by atoms with E-state index in [1.807, 2.05) is 0 Å². The van der Waals surface area contributed by atoms with Crippen LogP contribution in [0.25, 0.3) is 0 Å². The molecule has 3 nitrogen and oxygen atoms in total. The quantitative estimate of drug-likeness (QED) is 0.858. The van der Waals surface area contributed by atoms with Gasteiger partial charge in [0.05, 0.1) is 4.47 Å². The monoisotopic (exact) mass is 357 g/mol. The first-order valence-corrected chi connectivity index (χ1v) is 7.46. The molecule has 0 aliphatic heterocycles. The molecule has 0 fully saturated rings. The predicted molar refractivity (Wildman–Crippen MR) is 82.7 cm³/mol. The Morgan fingerprint density at radius 2 is 2.20 bits per heavy atom. The van der Waals surface area contributed by atoms with E-state index in [2.05, 4.69) is 38.1 Å². The first-order chi connectivity index (χ1) is 9.60. The van der Waals surface area contributed by atoms with Crippen molar-refractivity contribution in [2.45, 2.75) is 19.8 Å². The Morgan fingerprint density at radius 1 is 1.40 bits per heavy atom. The normalized spacial score (nSPS) is 10.6. The summed E-state index contributed by atoms with van der Waals surface area (Å²) in [7, 11) is 0. The molecule has 106 valence electrons. The Labute approximate surface area is 130 Å². The zero-order valence-electron chi connectivity index (χ0n) is 11.0. The summed E-state index contributed by atoms with van der Waals surface area (Å²) in [5.74, 6) is 1.05. The highest BCUT2D eigenvalue weighted by Crippen LogP contribution is 2.22. The average Bonchev–Trinajstić information content (AvgIpc) is 2.42. The van der Waals surface area contributed by atoms with Gasteiger partial charge in [-0.1, -0.05) is 24.6 Å². The first kappa shape index (κ1) is 15.2. The Morgan fingerprint density at radius 3 is 2.90 bits per heavy atom. The molecule has 0 unspecified atom stereocenters. The molecule has 1 N–H and O–H groups in total. The van der Waals surface area contributed by atoms with Gasteiger partial charge in [0, 0.05) is 24.2 Å². The molecule has 0 radical (unpaired) electrons. The summed E-state index contributed by atoms with van der Waals surface area (Å²) in [6.07, 6.45) is 3.18. The van der Waals surface area contributed by atoms with Gasteiger partial charge in [-0.05, 0) is 40.0 Å². The molecule has 6 heteroatoms. The lowest BCUT2D eigenvalue weighted by atomic mass is 10.1. The van der Waals surface area contributed by atoms with Gasteiger partial charge in [0.25, 0.3) is 0 Å². The molecule has 0 spiro atoms. The summed E-state index contributed by atoms with van der Waals surface area (Å²) in [4.78, 5) is 8.70. The Kier molecular flexibility index (Phi) is 5.31. The van der Waals surface area contributed by atoms with E-state index in [1.54, 1.807) is 12.3 Å². The van der Waals surface area contributed by atoms with Crippen LogP contribution in [0.4, 0.5) is 10.2 Å². The van der Waals surface area contributed by atoms with Crippen molar-refractivity contribution in [3.63, 3.8) is 0 Å².